The van der Waals surface area contributed by atoms with Crippen LogP contribution in [0.15, 0.2) is 5.11 Å². The number of nitrogens with one attached hydrogen (secondary N) is 1. The van der Waals surface area contributed by atoms with E-state index in [1.165, 1.54) is 13.1 Å². The molecule has 0 saturated heterocycles. The van der Waals surface area contributed by atoms with Gasteiger partial charge in [0, 0.05) is 18.4 Å². The molecule has 0 bridgehead atoms. The molecule has 0 amide bonds. The number of nitrogens with zero attached hydrogens (tertiary/aromatic N) is 3. The zero-order chi connectivity index (χ0) is 14.1. The van der Waals surface area contributed by atoms with E-state index in [0.29, 0.717) is 6.54 Å². The third-order valence-electron chi connectivity index (χ3n) is 3.43. The van der Waals surface area contributed by atoms with Gasteiger partial charge in [-0.15, -0.1) is 0 Å². The fourth-order valence-corrected chi connectivity index (χ4v) is 2.32. The van der Waals surface area contributed by atoms with Crippen LogP contribution in [0.5, 0.6) is 0 Å². The molecule has 1 aliphatic carbocycles. The fourth-order valence-electron chi connectivity index (χ4n) is 2.32. The molecule has 0 heterocycles. The van der Waals surface area contributed by atoms with Gasteiger partial charge in [0.25, 0.3) is 0 Å². The summed E-state index contributed by atoms with van der Waals surface area (Å²) in [5.41, 5.74) is 7.86. The van der Waals surface area contributed by atoms with E-state index in [-0.39, 0.29) is 17.5 Å². The molecule has 0 aliphatic heterocycles. The molecule has 1 rings (SSSR count). The fraction of sp³-hybridized carbons (Fsp3) is 0.846. The Hall–Kier alpha value is -1.55. The lowest BCUT2D eigenvalue weighted by Crippen LogP contribution is -2.22. The normalized spacial score (nSPS) is 17.1. The number of rotatable bonds is 10. The van der Waals surface area contributed by atoms with Crippen LogP contribution in [0.4, 0.5) is 0 Å². The summed E-state index contributed by atoms with van der Waals surface area (Å²) in [4.78, 5) is 13.7. The number of unbranched alkanes of at least 4 members (excludes halogenated alkanes) is 2. The average Bonchev–Trinajstić information content (AvgIpc) is 3.10. The molecule has 1 aliphatic rings. The summed E-state index contributed by atoms with van der Waals surface area (Å²) in [6.45, 7) is 1.98. The summed E-state index contributed by atoms with van der Waals surface area (Å²) in [6.07, 6.45) is 7.93. The summed E-state index contributed by atoms with van der Waals surface area (Å²) < 4.78 is 5.34. The topological polar surface area (TPSA) is 98.9 Å². The highest BCUT2D eigenvalue weighted by Crippen LogP contribution is 2.45. The van der Waals surface area contributed by atoms with Crippen molar-refractivity contribution in [2.75, 3.05) is 6.54 Å². The minimum Gasteiger partial charge on any atom is -0.459 e. The van der Waals surface area contributed by atoms with Gasteiger partial charge in [-0.05, 0) is 49.8 Å². The lowest BCUT2D eigenvalue weighted by atomic mass is 9.95. The Morgan fingerprint density at radius 1 is 1.53 bits per heavy atom. The highest BCUT2D eigenvalue weighted by atomic mass is 16.6. The second kappa shape index (κ2) is 7.79. The van der Waals surface area contributed by atoms with Crippen molar-refractivity contribution < 1.29 is 9.53 Å². The van der Waals surface area contributed by atoms with Gasteiger partial charge in [0.15, 0.2) is 0 Å². The second-order valence-electron chi connectivity index (χ2n) is 5.21. The Balaban J connectivity index is 2.21. The van der Waals surface area contributed by atoms with Crippen molar-refractivity contribution in [2.24, 2.45) is 11.0 Å². The molecule has 0 radical (unpaired) electrons. The van der Waals surface area contributed by atoms with Crippen LogP contribution in [-0.2, 0) is 9.53 Å². The van der Waals surface area contributed by atoms with Crippen molar-refractivity contribution in [2.45, 2.75) is 57.5 Å². The molecule has 0 aromatic heterocycles. The monoisotopic (exact) mass is 266 g/mol. The van der Waals surface area contributed by atoms with Crippen molar-refractivity contribution in [1.29, 1.82) is 5.41 Å². The maximum absolute atomic E-state index is 11.0. The molecule has 0 aromatic rings. The number of esters is 1. The van der Waals surface area contributed by atoms with Crippen LogP contribution >= 0.6 is 0 Å². The first-order valence-corrected chi connectivity index (χ1v) is 6.83. The number of ether oxygens (including phenoxy) is 1. The van der Waals surface area contributed by atoms with Gasteiger partial charge in [-0.1, -0.05) is 18.0 Å². The van der Waals surface area contributed by atoms with Gasteiger partial charge in [-0.3, -0.25) is 4.79 Å². The van der Waals surface area contributed by atoms with Gasteiger partial charge in [-0.2, -0.15) is 0 Å². The molecule has 1 fully saturated rings. The molecule has 6 nitrogen and oxygen atoms in total. The van der Waals surface area contributed by atoms with Crippen LogP contribution in [0, 0.1) is 11.3 Å². The lowest BCUT2D eigenvalue weighted by Gasteiger charge is -2.20. The predicted octanol–water partition coefficient (Wildman–Crippen LogP) is 3.61. The van der Waals surface area contributed by atoms with Gasteiger partial charge in [0.05, 0.1) is 0 Å². The largest absolute Gasteiger partial charge is 0.459 e. The molecule has 1 atom stereocenters. The van der Waals surface area contributed by atoms with Crippen LogP contribution in [0.3, 0.4) is 0 Å². The minimum atomic E-state index is -0.279. The van der Waals surface area contributed by atoms with Gasteiger partial charge in [0.1, 0.15) is 5.60 Å². The summed E-state index contributed by atoms with van der Waals surface area (Å²) in [6, 6.07) is 0. The smallest absolute Gasteiger partial charge is 0.303 e. The Morgan fingerprint density at radius 3 is 2.79 bits per heavy atom. The van der Waals surface area contributed by atoms with E-state index in [1.54, 1.807) is 0 Å². The van der Waals surface area contributed by atoms with Crippen molar-refractivity contribution in [3.05, 3.63) is 10.4 Å². The molecule has 6 heteroatoms. The third kappa shape index (κ3) is 6.25. The maximum Gasteiger partial charge on any atom is 0.303 e. The van der Waals surface area contributed by atoms with Crippen LogP contribution in [0.25, 0.3) is 10.4 Å². The molecule has 1 unspecified atom stereocenters. The van der Waals surface area contributed by atoms with Crippen LogP contribution in [0.1, 0.15) is 51.9 Å². The number of azide groups is 1. The quantitative estimate of drug-likeness (QED) is 0.163. The Labute approximate surface area is 113 Å². The molecule has 1 saturated carbocycles. The third-order valence-corrected chi connectivity index (χ3v) is 3.43. The Bertz CT molecular complexity index is 360. The second-order valence-corrected chi connectivity index (χ2v) is 5.21. The van der Waals surface area contributed by atoms with E-state index in [1.807, 2.05) is 0 Å². The zero-order valence-electron chi connectivity index (χ0n) is 11.5. The van der Waals surface area contributed by atoms with E-state index in [2.05, 4.69) is 10.0 Å². The lowest BCUT2D eigenvalue weighted by molar-refractivity contribution is -0.149. The van der Waals surface area contributed by atoms with Crippen LogP contribution in [-0.4, -0.2) is 24.3 Å². The Kier molecular flexibility index (Phi) is 6.36. The van der Waals surface area contributed by atoms with Crippen LogP contribution < -0.4 is 0 Å². The summed E-state index contributed by atoms with van der Waals surface area (Å²) in [5, 5.41) is 11.0. The van der Waals surface area contributed by atoms with Gasteiger partial charge in [-0.25, -0.2) is 0 Å². The number of carbonyl (C=O) groups is 1. The first-order valence-electron chi connectivity index (χ1n) is 6.83. The molecule has 1 N–H and O–H groups in total. The van der Waals surface area contributed by atoms with Crippen molar-refractivity contribution in [3.8, 4) is 0 Å². The average molecular weight is 266 g/mol. The predicted molar refractivity (Wildman–Crippen MR) is 73.1 cm³/mol. The van der Waals surface area contributed by atoms with Gasteiger partial charge < -0.3 is 10.1 Å². The highest BCUT2D eigenvalue weighted by molar-refractivity contribution is 5.67. The van der Waals surface area contributed by atoms with Crippen molar-refractivity contribution in [3.63, 3.8) is 0 Å². The minimum absolute atomic E-state index is 0.182. The summed E-state index contributed by atoms with van der Waals surface area (Å²) in [7, 11) is 0. The van der Waals surface area contributed by atoms with Crippen molar-refractivity contribution in [1.82, 2.24) is 0 Å². The molecular formula is C13H22N4O2. The van der Waals surface area contributed by atoms with Crippen LogP contribution in [0.2, 0.25) is 0 Å². The molecule has 19 heavy (non-hydrogen) atoms. The standard InChI is InChI=1S/C13H22N4O2/c1-11(18)19-13(6-7-13)9-12(10-14)5-3-2-4-8-16-17-15/h10,12,14H,2-9H2,1H3. The van der Waals surface area contributed by atoms with Gasteiger partial charge in [0.2, 0.25) is 0 Å². The first-order chi connectivity index (χ1) is 9.12. The summed E-state index contributed by atoms with van der Waals surface area (Å²) >= 11 is 0. The van der Waals surface area contributed by atoms with E-state index in [0.717, 1.165) is 44.9 Å². The van der Waals surface area contributed by atoms with E-state index >= 15 is 0 Å². The number of carbonyl (C=O) groups excluding carboxylic acids is 1. The van der Waals surface area contributed by atoms with E-state index < -0.39 is 0 Å². The summed E-state index contributed by atoms with van der Waals surface area (Å²) in [5.74, 6) is -0.0445. The molecule has 0 spiro atoms. The van der Waals surface area contributed by atoms with Crippen molar-refractivity contribution >= 4 is 12.2 Å². The Morgan fingerprint density at radius 2 is 2.26 bits per heavy atom. The maximum atomic E-state index is 11.0. The van der Waals surface area contributed by atoms with E-state index in [9.17, 15) is 4.79 Å². The van der Waals surface area contributed by atoms with Gasteiger partial charge >= 0.3 is 5.97 Å². The molecular weight excluding hydrogens is 244 g/mol. The number of hydrogen-bond acceptors (Lipinski definition) is 4. The highest BCUT2D eigenvalue weighted by Gasteiger charge is 2.47. The zero-order valence-corrected chi connectivity index (χ0v) is 11.5. The first kappa shape index (κ1) is 15.5. The number of hydrogen-bond donors (Lipinski definition) is 1. The molecule has 0 aromatic carbocycles. The molecule has 106 valence electrons. The SMILES string of the molecule is CC(=O)OC1(CC(C=N)CCCCCN=[N+]=[N-])CC1. The van der Waals surface area contributed by atoms with E-state index in [4.69, 9.17) is 15.7 Å².